The van der Waals surface area contributed by atoms with Gasteiger partial charge in [0.15, 0.2) is 5.78 Å². The van der Waals surface area contributed by atoms with Crippen LogP contribution in [0.5, 0.6) is 0 Å². The van der Waals surface area contributed by atoms with Crippen LogP contribution in [0.1, 0.15) is 21.5 Å². The normalized spacial score (nSPS) is 12.2. The van der Waals surface area contributed by atoms with Crippen molar-refractivity contribution in [2.75, 3.05) is 0 Å². The van der Waals surface area contributed by atoms with Gasteiger partial charge in [-0.25, -0.2) is 0 Å². The first-order valence-electron chi connectivity index (χ1n) is 7.20. The highest BCUT2D eigenvalue weighted by Crippen LogP contribution is 2.42. The van der Waals surface area contributed by atoms with E-state index in [9.17, 15) is 4.79 Å². The van der Waals surface area contributed by atoms with Gasteiger partial charge < -0.3 is 0 Å². The second-order valence-electron chi connectivity index (χ2n) is 5.59. The maximum Gasteiger partial charge on any atom is 0.194 e. The molecule has 0 unspecified atom stereocenters. The molecule has 0 saturated carbocycles. The van der Waals surface area contributed by atoms with Gasteiger partial charge in [0.1, 0.15) is 0 Å². The monoisotopic (exact) mass is 304 g/mol. The quantitative estimate of drug-likeness (QED) is 0.452. The van der Waals surface area contributed by atoms with Gasteiger partial charge in [-0.1, -0.05) is 66.2 Å². The second-order valence-corrected chi connectivity index (χ2v) is 5.99. The van der Waals surface area contributed by atoms with Crippen molar-refractivity contribution in [3.63, 3.8) is 0 Å². The van der Waals surface area contributed by atoms with Gasteiger partial charge >= 0.3 is 0 Å². The van der Waals surface area contributed by atoms with E-state index in [1.54, 1.807) is 0 Å². The second kappa shape index (κ2) is 4.82. The number of halogens is 1. The van der Waals surface area contributed by atoms with Crippen molar-refractivity contribution in [1.82, 2.24) is 0 Å². The first kappa shape index (κ1) is 13.3. The van der Waals surface area contributed by atoms with Crippen LogP contribution >= 0.6 is 11.6 Å². The lowest BCUT2D eigenvalue weighted by Crippen LogP contribution is -1.98. The average Bonchev–Trinajstić information content (AvgIpc) is 2.82. The summed E-state index contributed by atoms with van der Waals surface area (Å²) in [4.78, 5) is 12.8. The Labute approximate surface area is 134 Å². The molecule has 0 N–H and O–H groups in total. The highest BCUT2D eigenvalue weighted by Gasteiger charge is 2.29. The van der Waals surface area contributed by atoms with Crippen LogP contribution in [-0.4, -0.2) is 5.78 Å². The molecule has 2 heteroatoms. The number of ketones is 1. The van der Waals surface area contributed by atoms with Crippen molar-refractivity contribution in [2.24, 2.45) is 0 Å². The molecule has 1 nitrogen and oxygen atoms in total. The Balaban J connectivity index is 2.01. The van der Waals surface area contributed by atoms with Crippen molar-refractivity contribution in [3.05, 3.63) is 82.4 Å². The molecular formula is C20H13ClO. The summed E-state index contributed by atoms with van der Waals surface area (Å²) in [7, 11) is 0. The van der Waals surface area contributed by atoms with Crippen molar-refractivity contribution in [3.8, 4) is 22.3 Å². The zero-order valence-corrected chi connectivity index (χ0v) is 12.8. The van der Waals surface area contributed by atoms with Crippen molar-refractivity contribution in [2.45, 2.75) is 6.92 Å². The summed E-state index contributed by atoms with van der Waals surface area (Å²) in [5.41, 5.74) is 6.45. The fourth-order valence-electron chi connectivity index (χ4n) is 3.14. The lowest BCUT2D eigenvalue weighted by molar-refractivity contribution is 0.104. The molecule has 0 amide bonds. The summed E-state index contributed by atoms with van der Waals surface area (Å²) >= 11 is 6.41. The van der Waals surface area contributed by atoms with Crippen LogP contribution in [-0.2, 0) is 0 Å². The molecule has 0 fully saturated rings. The number of carbonyl (C=O) groups excluding carboxylic acids is 1. The number of carbonyl (C=O) groups is 1. The number of hydrogen-bond acceptors (Lipinski definition) is 1. The minimum absolute atomic E-state index is 0.0813. The van der Waals surface area contributed by atoms with Crippen LogP contribution in [0.25, 0.3) is 22.3 Å². The first-order chi connectivity index (χ1) is 10.7. The molecule has 1 aliphatic rings. The predicted molar refractivity (Wildman–Crippen MR) is 90.5 cm³/mol. The summed E-state index contributed by atoms with van der Waals surface area (Å²) < 4.78 is 0. The van der Waals surface area contributed by atoms with E-state index >= 15 is 0 Å². The Hall–Kier alpha value is -2.38. The van der Waals surface area contributed by atoms with Gasteiger partial charge in [0.05, 0.1) is 0 Å². The zero-order valence-electron chi connectivity index (χ0n) is 12.1. The van der Waals surface area contributed by atoms with Crippen molar-refractivity contribution in [1.29, 1.82) is 0 Å². The lowest BCUT2D eigenvalue weighted by atomic mass is 9.95. The van der Waals surface area contributed by atoms with E-state index in [-0.39, 0.29) is 5.78 Å². The summed E-state index contributed by atoms with van der Waals surface area (Å²) in [6.45, 7) is 2.01. The standard InChI is InChI=1S/C20H13ClO/c1-12-9-10-14(18(21)11-12)16-8-4-7-15-13-5-2-3-6-17(13)20(22)19(15)16/h2-11H,1H3. The minimum Gasteiger partial charge on any atom is -0.289 e. The van der Waals surface area contributed by atoms with E-state index in [0.29, 0.717) is 5.02 Å². The van der Waals surface area contributed by atoms with E-state index in [0.717, 1.165) is 38.9 Å². The molecule has 0 radical (unpaired) electrons. The molecule has 4 rings (SSSR count). The van der Waals surface area contributed by atoms with E-state index in [4.69, 9.17) is 11.6 Å². The van der Waals surface area contributed by atoms with Gasteiger partial charge in [0.2, 0.25) is 0 Å². The topological polar surface area (TPSA) is 17.1 Å². The largest absolute Gasteiger partial charge is 0.289 e. The lowest BCUT2D eigenvalue weighted by Gasteiger charge is -2.10. The maximum absolute atomic E-state index is 12.8. The van der Waals surface area contributed by atoms with E-state index in [1.165, 1.54) is 0 Å². The summed E-state index contributed by atoms with van der Waals surface area (Å²) in [5, 5.41) is 0.678. The highest BCUT2D eigenvalue weighted by atomic mass is 35.5. The molecule has 1 aliphatic carbocycles. The van der Waals surface area contributed by atoms with Gasteiger partial charge in [-0.05, 0) is 35.2 Å². The number of fused-ring (bicyclic) bond motifs is 3. The third kappa shape index (κ3) is 1.83. The molecule has 0 heterocycles. The number of hydrogen-bond donors (Lipinski definition) is 0. The fourth-order valence-corrected chi connectivity index (χ4v) is 3.47. The molecule has 0 spiro atoms. The van der Waals surface area contributed by atoms with E-state index in [1.807, 2.05) is 67.6 Å². The summed E-state index contributed by atoms with van der Waals surface area (Å²) in [6, 6.07) is 19.7. The molecular weight excluding hydrogens is 292 g/mol. The maximum atomic E-state index is 12.8. The van der Waals surface area contributed by atoms with Gasteiger partial charge in [0, 0.05) is 21.7 Å². The van der Waals surface area contributed by atoms with Gasteiger partial charge in [-0.2, -0.15) is 0 Å². The van der Waals surface area contributed by atoms with Crippen LogP contribution < -0.4 is 0 Å². The summed E-state index contributed by atoms with van der Waals surface area (Å²) in [6.07, 6.45) is 0. The van der Waals surface area contributed by atoms with Crippen molar-refractivity contribution >= 4 is 17.4 Å². The van der Waals surface area contributed by atoms with E-state index < -0.39 is 0 Å². The third-order valence-corrected chi connectivity index (χ3v) is 4.48. The Morgan fingerprint density at radius 2 is 1.36 bits per heavy atom. The minimum atomic E-state index is 0.0813. The Morgan fingerprint density at radius 1 is 0.727 bits per heavy atom. The van der Waals surface area contributed by atoms with Crippen LogP contribution in [0.2, 0.25) is 5.02 Å². The molecule has 0 bridgehead atoms. The SMILES string of the molecule is Cc1ccc(-c2cccc3c2C(=O)c2ccccc2-3)c(Cl)c1. The van der Waals surface area contributed by atoms with Crippen LogP contribution in [0.3, 0.4) is 0 Å². The molecule has 0 atom stereocenters. The zero-order chi connectivity index (χ0) is 15.3. The highest BCUT2D eigenvalue weighted by molar-refractivity contribution is 6.34. The Kier molecular flexibility index (Phi) is 2.91. The third-order valence-electron chi connectivity index (χ3n) is 4.17. The Bertz CT molecular complexity index is 925. The number of benzene rings is 3. The fraction of sp³-hybridized carbons (Fsp3) is 0.0500. The molecule has 3 aromatic rings. The molecule has 0 aliphatic heterocycles. The molecule has 106 valence electrons. The van der Waals surface area contributed by atoms with Crippen LogP contribution in [0.4, 0.5) is 0 Å². The molecule has 0 saturated heterocycles. The number of aryl methyl sites for hydroxylation is 1. The molecule has 22 heavy (non-hydrogen) atoms. The van der Waals surface area contributed by atoms with Gasteiger partial charge in [-0.3, -0.25) is 4.79 Å². The smallest absolute Gasteiger partial charge is 0.194 e. The van der Waals surface area contributed by atoms with Gasteiger partial charge in [-0.15, -0.1) is 0 Å². The Morgan fingerprint density at radius 3 is 2.09 bits per heavy atom. The molecule has 0 aromatic heterocycles. The molecule has 3 aromatic carbocycles. The van der Waals surface area contributed by atoms with Crippen molar-refractivity contribution < 1.29 is 4.79 Å². The van der Waals surface area contributed by atoms with Crippen LogP contribution in [0.15, 0.2) is 60.7 Å². The van der Waals surface area contributed by atoms with Crippen LogP contribution in [0, 0.1) is 6.92 Å². The summed E-state index contributed by atoms with van der Waals surface area (Å²) in [5.74, 6) is 0.0813. The first-order valence-corrected chi connectivity index (χ1v) is 7.58. The predicted octanol–water partition coefficient (Wildman–Crippen LogP) is 5.53. The van der Waals surface area contributed by atoms with Gasteiger partial charge in [0.25, 0.3) is 0 Å². The number of rotatable bonds is 1. The van der Waals surface area contributed by atoms with E-state index in [2.05, 4.69) is 0 Å². The average molecular weight is 305 g/mol.